The Hall–Kier alpha value is -2.94. The summed E-state index contributed by atoms with van der Waals surface area (Å²) in [6.07, 6.45) is -0.212. The Morgan fingerprint density at radius 1 is 1.03 bits per heavy atom. The molecule has 1 aromatic carbocycles. The molecule has 0 spiro atoms. The number of amides is 3. The summed E-state index contributed by atoms with van der Waals surface area (Å²) in [7, 11) is 0. The zero-order valence-electron chi connectivity index (χ0n) is 16.7. The van der Waals surface area contributed by atoms with Crippen LogP contribution in [0.2, 0.25) is 0 Å². The third kappa shape index (κ3) is 4.40. The van der Waals surface area contributed by atoms with E-state index in [-0.39, 0.29) is 30.9 Å². The Balaban J connectivity index is 1.64. The predicted octanol–water partition coefficient (Wildman–Crippen LogP) is -0.148. The molecular formula is C20H26N3O6+. The maximum atomic E-state index is 12.9. The van der Waals surface area contributed by atoms with Crippen LogP contribution in [0.25, 0.3) is 0 Å². The van der Waals surface area contributed by atoms with Crippen LogP contribution in [0.1, 0.15) is 30.6 Å². The number of carbonyl (C=O) groups excluding carboxylic acids is 4. The second-order valence-corrected chi connectivity index (χ2v) is 6.94. The molecule has 1 N–H and O–H groups in total. The van der Waals surface area contributed by atoms with Gasteiger partial charge in [-0.15, -0.1) is 0 Å². The number of anilines is 1. The number of benzene rings is 1. The maximum absolute atomic E-state index is 12.9. The number of nitrogens with one attached hydrogen (secondary N) is 1. The second-order valence-electron chi connectivity index (χ2n) is 6.94. The molecule has 2 fully saturated rings. The third-order valence-electron chi connectivity index (χ3n) is 5.21. The van der Waals surface area contributed by atoms with E-state index < -0.39 is 12.0 Å². The topological polar surface area (TPSA) is 97.7 Å². The Bertz CT molecular complexity index is 786. The molecule has 2 heterocycles. The number of hydrogen-bond acceptors (Lipinski definition) is 6. The number of hydrogen-bond donors (Lipinski definition) is 1. The van der Waals surface area contributed by atoms with Crippen LogP contribution in [0.5, 0.6) is 0 Å². The Morgan fingerprint density at radius 2 is 1.66 bits per heavy atom. The van der Waals surface area contributed by atoms with Crippen molar-refractivity contribution in [3.63, 3.8) is 0 Å². The normalized spacial score (nSPS) is 20.1. The van der Waals surface area contributed by atoms with Crippen molar-refractivity contribution in [2.24, 2.45) is 0 Å². The van der Waals surface area contributed by atoms with Gasteiger partial charge in [0.15, 0.2) is 6.04 Å². The van der Waals surface area contributed by atoms with Crippen molar-refractivity contribution in [1.29, 1.82) is 0 Å². The van der Waals surface area contributed by atoms with Gasteiger partial charge >= 0.3 is 12.1 Å². The molecule has 156 valence electrons. The van der Waals surface area contributed by atoms with E-state index in [9.17, 15) is 19.2 Å². The zero-order valence-corrected chi connectivity index (χ0v) is 16.7. The average Bonchev–Trinajstić information content (AvgIpc) is 3.02. The molecule has 0 aliphatic carbocycles. The largest absolute Gasteiger partial charge is 0.462 e. The lowest BCUT2D eigenvalue weighted by molar-refractivity contribution is -0.918. The summed E-state index contributed by atoms with van der Waals surface area (Å²) in [6.45, 7) is 6.22. The fraction of sp³-hybridized carbons (Fsp3) is 0.500. The quantitative estimate of drug-likeness (QED) is 0.542. The minimum Gasteiger partial charge on any atom is -0.462 e. The van der Waals surface area contributed by atoms with Crippen molar-refractivity contribution in [3.05, 3.63) is 29.8 Å². The SMILES string of the molecule is CCOC(=O)c1ccc(N2C(=O)C[C@@H]([NH+]3CCN(C(=O)OCC)CC3)C2=O)cc1. The third-order valence-corrected chi connectivity index (χ3v) is 5.21. The molecule has 0 aromatic heterocycles. The Morgan fingerprint density at radius 3 is 2.24 bits per heavy atom. The van der Waals surface area contributed by atoms with Crippen LogP contribution in [0.4, 0.5) is 10.5 Å². The molecule has 0 unspecified atom stereocenters. The number of esters is 1. The van der Waals surface area contributed by atoms with Gasteiger partial charge < -0.3 is 14.4 Å². The van der Waals surface area contributed by atoms with E-state index in [1.54, 1.807) is 43.0 Å². The van der Waals surface area contributed by atoms with Gasteiger partial charge in [-0.2, -0.15) is 0 Å². The first-order valence-corrected chi connectivity index (χ1v) is 9.86. The highest BCUT2D eigenvalue weighted by molar-refractivity contribution is 6.22. The van der Waals surface area contributed by atoms with E-state index in [1.165, 1.54) is 4.90 Å². The molecule has 1 aromatic rings. The maximum Gasteiger partial charge on any atom is 0.410 e. The molecule has 29 heavy (non-hydrogen) atoms. The summed E-state index contributed by atoms with van der Waals surface area (Å²) in [6, 6.07) is 5.80. The smallest absolute Gasteiger partial charge is 0.410 e. The van der Waals surface area contributed by atoms with Crippen molar-refractivity contribution in [3.8, 4) is 0 Å². The zero-order chi connectivity index (χ0) is 21.0. The fourth-order valence-electron chi connectivity index (χ4n) is 3.72. The first-order valence-electron chi connectivity index (χ1n) is 9.86. The van der Waals surface area contributed by atoms with Crippen molar-refractivity contribution in [1.82, 2.24) is 4.90 Å². The molecular weight excluding hydrogens is 378 g/mol. The second kappa shape index (κ2) is 9.04. The number of quaternary nitrogens is 1. The molecule has 0 saturated carbocycles. The van der Waals surface area contributed by atoms with Crippen molar-refractivity contribution >= 4 is 29.6 Å². The molecule has 0 bridgehead atoms. The van der Waals surface area contributed by atoms with E-state index in [0.717, 1.165) is 4.90 Å². The molecule has 1 atom stereocenters. The Kier molecular flexibility index (Phi) is 6.48. The minimum absolute atomic E-state index is 0.132. The molecule has 2 aliphatic heterocycles. The van der Waals surface area contributed by atoms with Gasteiger partial charge in [-0.1, -0.05) is 0 Å². The van der Waals surface area contributed by atoms with Gasteiger partial charge in [-0.25, -0.2) is 14.5 Å². The number of rotatable bonds is 5. The van der Waals surface area contributed by atoms with E-state index in [4.69, 9.17) is 9.47 Å². The molecule has 0 radical (unpaired) electrons. The summed E-state index contributed by atoms with van der Waals surface area (Å²) in [5.74, 6) is -0.956. The number of nitrogens with zero attached hydrogens (tertiary/aromatic N) is 2. The van der Waals surface area contributed by atoms with E-state index in [2.05, 4.69) is 0 Å². The van der Waals surface area contributed by atoms with Crippen LogP contribution < -0.4 is 9.80 Å². The molecule has 2 aliphatic rings. The standard InChI is InChI=1S/C20H25N3O6/c1-3-28-19(26)14-5-7-15(8-6-14)23-17(24)13-16(18(23)25)21-9-11-22(12-10-21)20(27)29-4-2/h5-8,16H,3-4,9-13H2,1-2H3/p+1/t16-/m1/s1. The van der Waals surface area contributed by atoms with Gasteiger partial charge in [0.05, 0.1) is 57.1 Å². The number of imide groups is 1. The van der Waals surface area contributed by atoms with E-state index in [1.807, 2.05) is 0 Å². The van der Waals surface area contributed by atoms with Crippen LogP contribution in [0, 0.1) is 0 Å². The Labute approximate surface area is 169 Å². The van der Waals surface area contributed by atoms with Gasteiger partial charge in [0.2, 0.25) is 5.91 Å². The number of piperazine rings is 1. The lowest BCUT2D eigenvalue weighted by Gasteiger charge is -2.33. The molecule has 3 amide bonds. The highest BCUT2D eigenvalue weighted by atomic mass is 16.6. The summed E-state index contributed by atoms with van der Waals surface area (Å²) < 4.78 is 9.96. The van der Waals surface area contributed by atoms with Gasteiger partial charge in [0.25, 0.3) is 5.91 Å². The first-order chi connectivity index (χ1) is 14.0. The van der Waals surface area contributed by atoms with Gasteiger partial charge in [0, 0.05) is 0 Å². The molecule has 2 saturated heterocycles. The van der Waals surface area contributed by atoms with Crippen molar-refractivity contribution in [2.75, 3.05) is 44.3 Å². The van der Waals surface area contributed by atoms with Crippen LogP contribution in [-0.4, -0.2) is 74.2 Å². The lowest BCUT2D eigenvalue weighted by atomic mass is 10.1. The van der Waals surface area contributed by atoms with Gasteiger partial charge in [0.1, 0.15) is 0 Å². The lowest BCUT2D eigenvalue weighted by Crippen LogP contribution is -3.19. The number of carbonyl (C=O) groups is 4. The van der Waals surface area contributed by atoms with Gasteiger partial charge in [-0.3, -0.25) is 14.5 Å². The average molecular weight is 404 g/mol. The highest BCUT2D eigenvalue weighted by Crippen LogP contribution is 2.23. The predicted molar refractivity (Wildman–Crippen MR) is 103 cm³/mol. The number of ether oxygens (including phenoxy) is 2. The van der Waals surface area contributed by atoms with Crippen molar-refractivity contribution < 1.29 is 33.6 Å². The molecule has 3 rings (SSSR count). The molecule has 9 nitrogen and oxygen atoms in total. The summed E-state index contributed by atoms with van der Waals surface area (Å²) in [5.41, 5.74) is 0.812. The highest BCUT2D eigenvalue weighted by Gasteiger charge is 2.46. The fourth-order valence-corrected chi connectivity index (χ4v) is 3.72. The first kappa shape index (κ1) is 20.8. The van der Waals surface area contributed by atoms with Crippen LogP contribution >= 0.6 is 0 Å². The van der Waals surface area contributed by atoms with Crippen LogP contribution in [0.15, 0.2) is 24.3 Å². The van der Waals surface area contributed by atoms with Crippen LogP contribution in [0.3, 0.4) is 0 Å². The molecule has 9 heteroatoms. The minimum atomic E-state index is -0.462. The van der Waals surface area contributed by atoms with Gasteiger partial charge in [-0.05, 0) is 38.1 Å². The van der Waals surface area contributed by atoms with E-state index in [0.29, 0.717) is 44.0 Å². The van der Waals surface area contributed by atoms with Crippen LogP contribution in [-0.2, 0) is 19.1 Å². The monoisotopic (exact) mass is 404 g/mol. The summed E-state index contributed by atoms with van der Waals surface area (Å²) >= 11 is 0. The van der Waals surface area contributed by atoms with E-state index >= 15 is 0 Å². The van der Waals surface area contributed by atoms with Crippen molar-refractivity contribution in [2.45, 2.75) is 26.3 Å². The summed E-state index contributed by atoms with van der Waals surface area (Å²) in [5, 5.41) is 0. The summed E-state index contributed by atoms with van der Waals surface area (Å²) in [4.78, 5) is 52.9.